The Kier molecular flexibility index (Phi) is 8.68. The van der Waals surface area contributed by atoms with Crippen molar-refractivity contribution in [3.05, 3.63) is 53.8 Å². The number of nitriles is 1. The van der Waals surface area contributed by atoms with Crippen LogP contribution in [0.3, 0.4) is 0 Å². The smallest absolute Gasteiger partial charge is 0.265 e. The molecule has 5 heterocycles. The number of aromatic nitrogens is 6. The highest BCUT2D eigenvalue weighted by atomic mass is 35.5. The molecule has 216 valence electrons. The Labute approximate surface area is 243 Å². The number of anilines is 1. The normalized spacial score (nSPS) is 16.5. The van der Waals surface area contributed by atoms with Crippen LogP contribution in [0.25, 0.3) is 22.3 Å². The molecule has 1 fully saturated rings. The molecule has 0 saturated carbocycles. The Morgan fingerprint density at radius 3 is 2.80 bits per heavy atom. The van der Waals surface area contributed by atoms with Crippen molar-refractivity contribution in [3.63, 3.8) is 0 Å². The molecule has 1 aliphatic heterocycles. The van der Waals surface area contributed by atoms with E-state index in [1.54, 1.807) is 12.5 Å². The van der Waals surface area contributed by atoms with Gasteiger partial charge >= 0.3 is 0 Å². The molecule has 1 unspecified atom stereocenters. The van der Waals surface area contributed by atoms with Gasteiger partial charge in [-0.2, -0.15) is 10.4 Å². The van der Waals surface area contributed by atoms with Crippen molar-refractivity contribution in [2.75, 3.05) is 24.6 Å². The highest BCUT2D eigenvalue weighted by Gasteiger charge is 2.33. The summed E-state index contributed by atoms with van der Waals surface area (Å²) in [6.07, 6.45) is 6.85. The van der Waals surface area contributed by atoms with Gasteiger partial charge in [-0.25, -0.2) is 23.7 Å². The van der Waals surface area contributed by atoms with Crippen LogP contribution in [0.1, 0.15) is 30.9 Å². The van der Waals surface area contributed by atoms with Gasteiger partial charge in [0.1, 0.15) is 24.5 Å². The predicted octanol–water partition coefficient (Wildman–Crippen LogP) is 6.57. The maximum atomic E-state index is 13.4. The summed E-state index contributed by atoms with van der Waals surface area (Å²) >= 11 is 6.29. The quantitative estimate of drug-likeness (QED) is 0.142. The summed E-state index contributed by atoms with van der Waals surface area (Å²) in [5, 5.41) is 15.1. The summed E-state index contributed by atoms with van der Waals surface area (Å²) in [6, 6.07) is 6.40. The summed E-state index contributed by atoms with van der Waals surface area (Å²) in [7, 11) is -1.17. The number of ether oxygens (including phenoxy) is 1. The fourth-order valence-corrected chi connectivity index (χ4v) is 6.29. The van der Waals surface area contributed by atoms with Crippen molar-refractivity contribution in [1.82, 2.24) is 29.3 Å². The van der Waals surface area contributed by atoms with Gasteiger partial charge in [-0.05, 0) is 24.6 Å². The van der Waals surface area contributed by atoms with E-state index in [9.17, 15) is 14.0 Å². The average Bonchev–Trinajstić information content (AvgIpc) is 3.69. The highest BCUT2D eigenvalue weighted by Crippen LogP contribution is 2.38. The fourth-order valence-electron chi connectivity index (χ4n) is 5.22. The van der Waals surface area contributed by atoms with Gasteiger partial charge in [0, 0.05) is 68.8 Å². The third-order valence-corrected chi connectivity index (χ3v) is 9.59. The number of halogens is 3. The Morgan fingerprint density at radius 2 is 2.05 bits per heavy atom. The first-order valence-corrected chi connectivity index (χ1v) is 17.7. The molecule has 41 heavy (non-hydrogen) atoms. The van der Waals surface area contributed by atoms with Crippen LogP contribution in [0.5, 0.6) is 0 Å². The SMILES string of the molecule is C[Si](C)(C)CCOCn1ccc2c(-c3cnn(C(CC#N)[C@H]4CCN(c5nccc(C(F)F)c5Cl)C4)c3)ncnc21. The minimum atomic E-state index is -2.68. The lowest BCUT2D eigenvalue weighted by Gasteiger charge is -2.23. The number of hydrogen-bond donors (Lipinski definition) is 0. The van der Waals surface area contributed by atoms with Crippen LogP contribution < -0.4 is 4.90 Å². The van der Waals surface area contributed by atoms with E-state index >= 15 is 0 Å². The van der Waals surface area contributed by atoms with E-state index in [0.29, 0.717) is 25.6 Å². The lowest BCUT2D eigenvalue weighted by molar-refractivity contribution is 0.0899. The van der Waals surface area contributed by atoms with Gasteiger partial charge in [0.2, 0.25) is 0 Å². The first-order chi connectivity index (χ1) is 19.7. The maximum Gasteiger partial charge on any atom is 0.265 e. The molecular weight excluding hydrogens is 566 g/mol. The van der Waals surface area contributed by atoms with Crippen molar-refractivity contribution in [1.29, 1.82) is 5.26 Å². The van der Waals surface area contributed by atoms with Crippen molar-refractivity contribution >= 4 is 36.5 Å². The molecule has 1 saturated heterocycles. The molecule has 0 radical (unpaired) electrons. The minimum Gasteiger partial charge on any atom is -0.361 e. The number of hydrogen-bond acceptors (Lipinski definition) is 7. The summed E-state index contributed by atoms with van der Waals surface area (Å²) in [6.45, 7) is 9.24. The van der Waals surface area contributed by atoms with Crippen LogP contribution in [-0.2, 0) is 11.5 Å². The Bertz CT molecular complexity index is 1550. The van der Waals surface area contributed by atoms with E-state index in [1.165, 1.54) is 12.3 Å². The molecular formula is C28H33ClF2N8OSi. The predicted molar refractivity (Wildman–Crippen MR) is 157 cm³/mol. The highest BCUT2D eigenvalue weighted by molar-refractivity contribution is 6.76. The van der Waals surface area contributed by atoms with Crippen LogP contribution >= 0.6 is 11.6 Å². The zero-order valence-electron chi connectivity index (χ0n) is 23.3. The van der Waals surface area contributed by atoms with Gasteiger partial charge in [0.15, 0.2) is 0 Å². The summed E-state index contributed by atoms with van der Waals surface area (Å²) in [4.78, 5) is 15.2. The largest absolute Gasteiger partial charge is 0.361 e. The molecule has 4 aromatic rings. The lowest BCUT2D eigenvalue weighted by Crippen LogP contribution is -2.26. The van der Waals surface area contributed by atoms with E-state index in [-0.39, 0.29) is 29.0 Å². The summed E-state index contributed by atoms with van der Waals surface area (Å²) < 4.78 is 36.5. The van der Waals surface area contributed by atoms with Gasteiger partial charge in [-0.15, -0.1) is 0 Å². The molecule has 4 aromatic heterocycles. The number of fused-ring (bicyclic) bond motifs is 1. The second-order valence-electron chi connectivity index (χ2n) is 11.6. The molecule has 0 amide bonds. The Balaban J connectivity index is 1.33. The van der Waals surface area contributed by atoms with E-state index in [2.05, 4.69) is 45.8 Å². The fraction of sp³-hybridized carbons (Fsp3) is 0.464. The second kappa shape index (κ2) is 12.2. The zero-order chi connectivity index (χ0) is 29.1. The lowest BCUT2D eigenvalue weighted by atomic mass is 9.96. The summed E-state index contributed by atoms with van der Waals surface area (Å²) in [5.41, 5.74) is 2.13. The summed E-state index contributed by atoms with van der Waals surface area (Å²) in [5.74, 6) is 0.400. The molecule has 0 N–H and O–H groups in total. The van der Waals surface area contributed by atoms with Crippen LogP contribution in [0.4, 0.5) is 14.6 Å². The minimum absolute atomic E-state index is 0.0254. The molecule has 5 rings (SSSR count). The molecule has 0 bridgehead atoms. The third kappa shape index (κ3) is 6.42. The first-order valence-electron chi connectivity index (χ1n) is 13.6. The maximum absolute atomic E-state index is 13.4. The number of nitrogens with zero attached hydrogens (tertiary/aromatic N) is 8. The van der Waals surface area contributed by atoms with E-state index in [1.807, 2.05) is 32.6 Å². The molecule has 0 aliphatic carbocycles. The van der Waals surface area contributed by atoms with Gasteiger partial charge in [-0.3, -0.25) is 4.68 Å². The number of alkyl halides is 2. The van der Waals surface area contributed by atoms with Gasteiger partial charge in [0.05, 0.1) is 35.4 Å². The second-order valence-corrected chi connectivity index (χ2v) is 17.6. The molecule has 13 heteroatoms. The topological polar surface area (TPSA) is 97.7 Å². The van der Waals surface area contributed by atoms with Crippen molar-refractivity contribution < 1.29 is 13.5 Å². The number of rotatable bonds is 11. The van der Waals surface area contributed by atoms with Crippen LogP contribution in [0.2, 0.25) is 30.7 Å². The van der Waals surface area contributed by atoms with Gasteiger partial charge in [-0.1, -0.05) is 31.2 Å². The van der Waals surface area contributed by atoms with Crippen molar-refractivity contribution in [3.8, 4) is 17.3 Å². The van der Waals surface area contributed by atoms with E-state index in [4.69, 9.17) is 16.3 Å². The Morgan fingerprint density at radius 1 is 1.22 bits per heavy atom. The van der Waals surface area contributed by atoms with Crippen LogP contribution in [0.15, 0.2) is 43.2 Å². The molecule has 2 atom stereocenters. The van der Waals surface area contributed by atoms with E-state index < -0.39 is 14.5 Å². The average molecular weight is 599 g/mol. The van der Waals surface area contributed by atoms with Crippen molar-refractivity contribution in [2.24, 2.45) is 5.92 Å². The van der Waals surface area contributed by atoms with Crippen molar-refractivity contribution in [2.45, 2.75) is 57.7 Å². The standard InChI is InChI=1S/C28H33ClF2N8OSi/c1-41(2,3)13-12-40-18-38-11-7-22-25(34-17-35-27(22)38)20-14-36-39(16-20)23(4-8-32)19-6-10-37(15-19)28-24(29)21(26(30)31)5-9-33-28/h5,7,9,11,14,16-17,19,23,26H,4,6,10,12-13,15,18H2,1-3H3/t19-,23?/m0/s1. The monoisotopic (exact) mass is 598 g/mol. The van der Waals surface area contributed by atoms with Gasteiger partial charge in [0.25, 0.3) is 6.43 Å². The number of pyridine rings is 1. The first kappa shape index (κ1) is 29.1. The molecule has 0 aromatic carbocycles. The van der Waals surface area contributed by atoms with Crippen LogP contribution in [-0.4, -0.2) is 57.1 Å². The van der Waals surface area contributed by atoms with E-state index in [0.717, 1.165) is 41.4 Å². The molecule has 0 spiro atoms. The molecule has 1 aliphatic rings. The molecule has 9 nitrogen and oxygen atoms in total. The van der Waals surface area contributed by atoms with Gasteiger partial charge < -0.3 is 14.2 Å². The Hall–Kier alpha value is -3.40. The third-order valence-electron chi connectivity index (χ3n) is 7.50. The zero-order valence-corrected chi connectivity index (χ0v) is 25.1. The van der Waals surface area contributed by atoms with Crippen LogP contribution in [0, 0.1) is 17.2 Å².